The van der Waals surface area contributed by atoms with Crippen LogP contribution in [0.3, 0.4) is 0 Å². The number of halogens is 4. The number of pyridine rings is 1. The molecular weight excluding hydrogens is 402 g/mol. The van der Waals surface area contributed by atoms with Gasteiger partial charge in [0.2, 0.25) is 0 Å². The molecule has 98 valence electrons. The largest absolute Gasteiger partial charge is 0.319 e. The van der Waals surface area contributed by atoms with Crippen LogP contribution in [0.5, 0.6) is 0 Å². The third-order valence-electron chi connectivity index (χ3n) is 2.23. The second-order valence-corrected chi connectivity index (χ2v) is 5.70. The highest BCUT2D eigenvalue weighted by atomic mass is 79.9. The molecule has 0 radical (unpaired) electrons. The Labute approximate surface area is 130 Å². The van der Waals surface area contributed by atoms with E-state index in [9.17, 15) is 9.18 Å². The average molecular weight is 408 g/mol. The van der Waals surface area contributed by atoms with E-state index in [2.05, 4.69) is 42.2 Å². The normalized spacial score (nSPS) is 10.3. The van der Waals surface area contributed by atoms with Gasteiger partial charge in [0, 0.05) is 15.1 Å². The van der Waals surface area contributed by atoms with Crippen LogP contribution in [-0.4, -0.2) is 10.9 Å². The van der Waals surface area contributed by atoms with Crippen LogP contribution < -0.4 is 5.32 Å². The fourth-order valence-electron chi connectivity index (χ4n) is 1.37. The van der Waals surface area contributed by atoms with Crippen molar-refractivity contribution < 1.29 is 9.18 Å². The Bertz CT molecular complexity index is 652. The summed E-state index contributed by atoms with van der Waals surface area (Å²) in [5, 5.41) is 2.79. The minimum Gasteiger partial charge on any atom is -0.319 e. The molecule has 19 heavy (non-hydrogen) atoms. The molecule has 1 N–H and O–H groups in total. The first-order valence-electron chi connectivity index (χ1n) is 5.05. The van der Waals surface area contributed by atoms with E-state index in [4.69, 9.17) is 11.6 Å². The van der Waals surface area contributed by atoms with Crippen molar-refractivity contribution in [1.29, 1.82) is 0 Å². The Morgan fingerprint density at radius 1 is 1.32 bits per heavy atom. The van der Waals surface area contributed by atoms with Crippen molar-refractivity contribution in [3.05, 3.63) is 55.9 Å². The van der Waals surface area contributed by atoms with Gasteiger partial charge in [-0.25, -0.2) is 9.37 Å². The van der Waals surface area contributed by atoms with Gasteiger partial charge in [-0.05, 0) is 56.1 Å². The maximum absolute atomic E-state index is 13.0. The van der Waals surface area contributed by atoms with Crippen molar-refractivity contribution in [1.82, 2.24) is 4.98 Å². The molecule has 0 saturated carbocycles. The molecule has 0 unspecified atom stereocenters. The lowest BCUT2D eigenvalue weighted by molar-refractivity contribution is 0.102. The lowest BCUT2D eigenvalue weighted by Crippen LogP contribution is -2.13. The summed E-state index contributed by atoms with van der Waals surface area (Å²) in [6.45, 7) is 0. The number of amides is 1. The van der Waals surface area contributed by atoms with Crippen molar-refractivity contribution >= 4 is 55.1 Å². The Morgan fingerprint density at radius 2 is 2.05 bits per heavy atom. The Balaban J connectivity index is 2.28. The molecule has 0 fully saturated rings. The van der Waals surface area contributed by atoms with E-state index in [0.717, 1.165) is 0 Å². The van der Waals surface area contributed by atoms with Gasteiger partial charge in [0.1, 0.15) is 5.82 Å². The van der Waals surface area contributed by atoms with E-state index in [1.165, 1.54) is 24.4 Å². The number of benzene rings is 1. The molecule has 0 aliphatic heterocycles. The van der Waals surface area contributed by atoms with Gasteiger partial charge < -0.3 is 5.32 Å². The third kappa shape index (κ3) is 3.52. The van der Waals surface area contributed by atoms with Crippen molar-refractivity contribution in [3.63, 3.8) is 0 Å². The summed E-state index contributed by atoms with van der Waals surface area (Å²) < 4.78 is 14.0. The van der Waals surface area contributed by atoms with Crippen molar-refractivity contribution in [2.75, 3.05) is 5.32 Å². The quantitative estimate of drug-likeness (QED) is 0.735. The third-order valence-corrected chi connectivity index (χ3v) is 3.62. The molecule has 1 heterocycles. The average Bonchev–Trinajstić information content (AvgIpc) is 2.33. The molecule has 1 aromatic heterocycles. The van der Waals surface area contributed by atoms with Gasteiger partial charge in [0.05, 0.1) is 11.3 Å². The molecular formula is C12H6Br2ClFN2O. The van der Waals surface area contributed by atoms with Gasteiger partial charge >= 0.3 is 0 Å². The minimum absolute atomic E-state index is 0.176. The zero-order chi connectivity index (χ0) is 14.0. The predicted molar refractivity (Wildman–Crippen MR) is 79.0 cm³/mol. The van der Waals surface area contributed by atoms with E-state index < -0.39 is 11.7 Å². The van der Waals surface area contributed by atoms with E-state index in [-0.39, 0.29) is 5.15 Å². The van der Waals surface area contributed by atoms with E-state index >= 15 is 0 Å². The summed E-state index contributed by atoms with van der Waals surface area (Å²) in [6, 6.07) is 5.44. The molecule has 0 saturated heterocycles. The zero-order valence-electron chi connectivity index (χ0n) is 9.25. The van der Waals surface area contributed by atoms with Crippen LogP contribution in [0.2, 0.25) is 5.15 Å². The number of hydrogen-bond acceptors (Lipinski definition) is 2. The molecule has 0 bridgehead atoms. The minimum atomic E-state index is -0.425. The van der Waals surface area contributed by atoms with E-state index in [0.29, 0.717) is 20.2 Å². The number of hydrogen-bond donors (Lipinski definition) is 1. The van der Waals surface area contributed by atoms with Gasteiger partial charge in [0.15, 0.2) is 5.15 Å². The van der Waals surface area contributed by atoms with Crippen molar-refractivity contribution in [2.24, 2.45) is 0 Å². The fraction of sp³-hybridized carbons (Fsp3) is 0. The van der Waals surface area contributed by atoms with Crippen LogP contribution in [0.15, 0.2) is 39.4 Å². The number of carbonyl (C=O) groups is 1. The van der Waals surface area contributed by atoms with Gasteiger partial charge in [-0.15, -0.1) is 0 Å². The van der Waals surface area contributed by atoms with Crippen LogP contribution >= 0.6 is 43.5 Å². The molecule has 1 amide bonds. The van der Waals surface area contributed by atoms with Crippen LogP contribution in [-0.2, 0) is 0 Å². The summed E-state index contributed by atoms with van der Waals surface area (Å²) in [7, 11) is 0. The smallest absolute Gasteiger partial charge is 0.256 e. The number of nitrogens with zero attached hydrogens (tertiary/aromatic N) is 1. The van der Waals surface area contributed by atoms with Crippen molar-refractivity contribution in [3.8, 4) is 0 Å². The van der Waals surface area contributed by atoms with Crippen LogP contribution in [0.25, 0.3) is 0 Å². The highest BCUT2D eigenvalue weighted by Crippen LogP contribution is 2.25. The lowest BCUT2D eigenvalue weighted by atomic mass is 10.2. The van der Waals surface area contributed by atoms with E-state index in [1.54, 1.807) is 6.07 Å². The standard InChI is InChI=1S/C12H6Br2ClFN2O/c13-6-3-10(11(15)17-5-6)18-12(19)8-2-1-7(16)4-9(8)14/h1-5H,(H,18,19). The maximum atomic E-state index is 13.0. The van der Waals surface area contributed by atoms with Gasteiger partial charge in [-0.1, -0.05) is 11.6 Å². The van der Waals surface area contributed by atoms with Gasteiger partial charge in [-0.3, -0.25) is 4.79 Å². The van der Waals surface area contributed by atoms with E-state index in [1.807, 2.05) is 0 Å². The predicted octanol–water partition coefficient (Wildman–Crippen LogP) is 4.65. The lowest BCUT2D eigenvalue weighted by Gasteiger charge is -2.08. The first-order chi connectivity index (χ1) is 8.97. The Kier molecular flexibility index (Phi) is 4.54. The summed E-state index contributed by atoms with van der Waals surface area (Å²) in [5.41, 5.74) is 0.676. The molecule has 0 spiro atoms. The first kappa shape index (κ1) is 14.4. The molecule has 1 aromatic carbocycles. The Hall–Kier alpha value is -0.980. The summed E-state index contributed by atoms with van der Waals surface area (Å²) in [5.74, 6) is -0.834. The molecule has 3 nitrogen and oxygen atoms in total. The highest BCUT2D eigenvalue weighted by molar-refractivity contribution is 9.10. The molecule has 7 heteroatoms. The number of nitrogens with one attached hydrogen (secondary N) is 1. The van der Waals surface area contributed by atoms with Gasteiger partial charge in [0.25, 0.3) is 5.91 Å². The molecule has 2 rings (SSSR count). The SMILES string of the molecule is O=C(Nc1cc(Br)cnc1Cl)c1ccc(F)cc1Br. The number of rotatable bonds is 2. The maximum Gasteiger partial charge on any atom is 0.256 e. The summed E-state index contributed by atoms with van der Waals surface area (Å²) in [6.07, 6.45) is 1.52. The topological polar surface area (TPSA) is 42.0 Å². The second-order valence-electron chi connectivity index (χ2n) is 3.57. The number of anilines is 1. The highest BCUT2D eigenvalue weighted by Gasteiger charge is 2.13. The number of carbonyl (C=O) groups excluding carboxylic acids is 1. The first-order valence-corrected chi connectivity index (χ1v) is 7.01. The van der Waals surface area contributed by atoms with Crippen LogP contribution in [0.1, 0.15) is 10.4 Å². The fourth-order valence-corrected chi connectivity index (χ4v) is 2.39. The van der Waals surface area contributed by atoms with Crippen molar-refractivity contribution in [2.45, 2.75) is 0 Å². The zero-order valence-corrected chi connectivity index (χ0v) is 13.2. The summed E-state index contributed by atoms with van der Waals surface area (Å²) in [4.78, 5) is 15.9. The molecule has 2 aromatic rings. The van der Waals surface area contributed by atoms with Crippen LogP contribution in [0.4, 0.5) is 10.1 Å². The summed E-state index contributed by atoms with van der Waals surface area (Å²) >= 11 is 12.2. The van der Waals surface area contributed by atoms with Gasteiger partial charge in [-0.2, -0.15) is 0 Å². The molecule has 0 aliphatic carbocycles. The molecule has 0 atom stereocenters. The Morgan fingerprint density at radius 3 is 2.74 bits per heavy atom. The number of aromatic nitrogens is 1. The second kappa shape index (κ2) is 5.98. The van der Waals surface area contributed by atoms with Crippen LogP contribution in [0, 0.1) is 5.82 Å². The monoisotopic (exact) mass is 406 g/mol. The molecule has 0 aliphatic rings.